The summed E-state index contributed by atoms with van der Waals surface area (Å²) in [7, 11) is 0.640. The van der Waals surface area contributed by atoms with Crippen LogP contribution in [-0.4, -0.2) is 21.4 Å². The quantitative estimate of drug-likeness (QED) is 0.745. The Hall–Kier alpha value is -0.670. The molecule has 0 saturated carbocycles. The van der Waals surface area contributed by atoms with Gasteiger partial charge in [-0.1, -0.05) is 0 Å². The van der Waals surface area contributed by atoms with Gasteiger partial charge in [0.15, 0.2) is 10.6 Å². The van der Waals surface area contributed by atoms with Gasteiger partial charge in [-0.15, -0.1) is 13.2 Å². The molecule has 0 saturated heterocycles. The summed E-state index contributed by atoms with van der Waals surface area (Å²) < 4.78 is 68.1. The SMILES string of the molecule is CCOc1ccc(Br)c(OC(F)(F)F)c1S(=O)(=O)Cl. The molecule has 0 aliphatic heterocycles. The summed E-state index contributed by atoms with van der Waals surface area (Å²) in [5, 5.41) is 0. The molecule has 0 amide bonds. The van der Waals surface area contributed by atoms with E-state index in [-0.39, 0.29) is 16.8 Å². The molecule has 1 aromatic carbocycles. The second-order valence-corrected chi connectivity index (χ2v) is 6.48. The average molecular weight is 384 g/mol. The van der Waals surface area contributed by atoms with Crippen LogP contribution in [0.1, 0.15) is 6.92 Å². The summed E-state index contributed by atoms with van der Waals surface area (Å²) in [5.74, 6) is -1.28. The number of hydrogen-bond donors (Lipinski definition) is 0. The Kier molecular flexibility index (Phi) is 4.97. The largest absolute Gasteiger partial charge is 0.573 e. The van der Waals surface area contributed by atoms with E-state index in [1.807, 2.05) is 0 Å². The van der Waals surface area contributed by atoms with Crippen molar-refractivity contribution in [3.8, 4) is 11.5 Å². The van der Waals surface area contributed by atoms with Gasteiger partial charge in [-0.25, -0.2) is 8.42 Å². The number of halogens is 5. The molecule has 0 fully saturated rings. The standard InChI is InChI=1S/C9H7BrClF3O4S/c1-2-17-6-4-3-5(10)7(18-9(12,13)14)8(6)19(11,15)16/h3-4H,2H2,1H3. The lowest BCUT2D eigenvalue weighted by Gasteiger charge is -2.16. The Bertz CT molecular complexity index is 574. The molecule has 19 heavy (non-hydrogen) atoms. The zero-order chi connectivity index (χ0) is 14.8. The average Bonchev–Trinajstić information content (AvgIpc) is 2.19. The first-order chi connectivity index (χ1) is 8.56. The van der Waals surface area contributed by atoms with Crippen molar-refractivity contribution in [3.63, 3.8) is 0 Å². The highest BCUT2D eigenvalue weighted by Crippen LogP contribution is 2.43. The van der Waals surface area contributed by atoms with Gasteiger partial charge in [-0.05, 0) is 35.0 Å². The molecular formula is C9H7BrClF3O4S. The highest BCUT2D eigenvalue weighted by Gasteiger charge is 2.36. The van der Waals surface area contributed by atoms with E-state index in [0.717, 1.165) is 6.07 Å². The van der Waals surface area contributed by atoms with Crippen molar-refractivity contribution in [1.29, 1.82) is 0 Å². The van der Waals surface area contributed by atoms with E-state index in [1.165, 1.54) is 13.0 Å². The molecular weight excluding hydrogens is 377 g/mol. The Balaban J connectivity index is 3.54. The molecule has 4 nitrogen and oxygen atoms in total. The third kappa shape index (κ3) is 4.43. The van der Waals surface area contributed by atoms with Crippen LogP contribution >= 0.6 is 26.6 Å². The first-order valence-corrected chi connectivity index (χ1v) is 7.82. The summed E-state index contributed by atoms with van der Waals surface area (Å²) in [6, 6.07) is 2.34. The fourth-order valence-corrected chi connectivity index (χ4v) is 2.95. The molecule has 0 heterocycles. The Morgan fingerprint density at radius 2 is 1.95 bits per heavy atom. The Morgan fingerprint density at radius 1 is 1.37 bits per heavy atom. The minimum absolute atomic E-state index is 0.0481. The maximum atomic E-state index is 12.3. The van der Waals surface area contributed by atoms with Crippen molar-refractivity contribution in [3.05, 3.63) is 16.6 Å². The van der Waals surface area contributed by atoms with Crippen molar-refractivity contribution in [2.24, 2.45) is 0 Å². The Morgan fingerprint density at radius 3 is 2.37 bits per heavy atom. The van der Waals surface area contributed by atoms with Crippen LogP contribution in [0, 0.1) is 0 Å². The molecule has 0 unspecified atom stereocenters. The van der Waals surface area contributed by atoms with Crippen LogP contribution in [0.15, 0.2) is 21.5 Å². The molecule has 0 radical (unpaired) electrons. The van der Waals surface area contributed by atoms with Gasteiger partial charge in [0.25, 0.3) is 9.05 Å². The van der Waals surface area contributed by atoms with E-state index in [4.69, 9.17) is 15.4 Å². The molecule has 0 aliphatic rings. The normalized spacial score (nSPS) is 12.3. The molecule has 108 valence electrons. The predicted molar refractivity (Wildman–Crippen MR) is 65.0 cm³/mol. The number of rotatable bonds is 4. The van der Waals surface area contributed by atoms with Crippen LogP contribution in [0.5, 0.6) is 11.5 Å². The minimum atomic E-state index is -5.07. The summed E-state index contributed by atoms with van der Waals surface area (Å²) >= 11 is 2.77. The van der Waals surface area contributed by atoms with E-state index < -0.39 is 26.1 Å². The third-order valence-electron chi connectivity index (χ3n) is 1.79. The third-order valence-corrected chi connectivity index (χ3v) is 3.75. The molecule has 0 N–H and O–H groups in total. The smallest absolute Gasteiger partial charge is 0.492 e. The highest BCUT2D eigenvalue weighted by atomic mass is 79.9. The lowest BCUT2D eigenvalue weighted by atomic mass is 10.3. The van der Waals surface area contributed by atoms with Gasteiger partial charge in [0, 0.05) is 10.7 Å². The molecule has 0 bridgehead atoms. The van der Waals surface area contributed by atoms with Crippen LogP contribution in [0.3, 0.4) is 0 Å². The molecule has 1 rings (SSSR count). The van der Waals surface area contributed by atoms with Crippen LogP contribution in [-0.2, 0) is 9.05 Å². The highest BCUT2D eigenvalue weighted by molar-refractivity contribution is 9.10. The van der Waals surface area contributed by atoms with Gasteiger partial charge in [-0.3, -0.25) is 0 Å². The van der Waals surface area contributed by atoms with Crippen molar-refractivity contribution in [2.75, 3.05) is 6.61 Å². The summed E-state index contributed by atoms with van der Waals surface area (Å²) in [5.41, 5.74) is 0. The van der Waals surface area contributed by atoms with E-state index in [2.05, 4.69) is 20.7 Å². The summed E-state index contributed by atoms with van der Waals surface area (Å²) in [4.78, 5) is -0.872. The van der Waals surface area contributed by atoms with Crippen molar-refractivity contribution in [1.82, 2.24) is 0 Å². The number of benzene rings is 1. The monoisotopic (exact) mass is 382 g/mol. The van der Waals surface area contributed by atoms with E-state index in [0.29, 0.717) is 0 Å². The van der Waals surface area contributed by atoms with Gasteiger partial charge in [-0.2, -0.15) is 0 Å². The van der Waals surface area contributed by atoms with Gasteiger partial charge in [0.05, 0.1) is 11.1 Å². The van der Waals surface area contributed by atoms with Crippen LogP contribution in [0.25, 0.3) is 0 Å². The van der Waals surface area contributed by atoms with E-state index in [9.17, 15) is 21.6 Å². The second kappa shape index (κ2) is 5.76. The molecule has 0 atom stereocenters. The fraction of sp³-hybridized carbons (Fsp3) is 0.333. The number of alkyl halides is 3. The van der Waals surface area contributed by atoms with Crippen LogP contribution < -0.4 is 9.47 Å². The molecule has 0 aliphatic carbocycles. The van der Waals surface area contributed by atoms with E-state index >= 15 is 0 Å². The maximum absolute atomic E-state index is 12.3. The second-order valence-electron chi connectivity index (χ2n) is 3.12. The number of hydrogen-bond acceptors (Lipinski definition) is 4. The molecule has 10 heteroatoms. The van der Waals surface area contributed by atoms with Gasteiger partial charge < -0.3 is 9.47 Å². The molecule has 0 aromatic heterocycles. The fourth-order valence-electron chi connectivity index (χ4n) is 1.23. The lowest BCUT2D eigenvalue weighted by molar-refractivity contribution is -0.275. The van der Waals surface area contributed by atoms with Crippen molar-refractivity contribution < 1.29 is 31.1 Å². The molecule has 0 spiro atoms. The maximum Gasteiger partial charge on any atom is 0.573 e. The summed E-state index contributed by atoms with van der Waals surface area (Å²) in [6.07, 6.45) is -5.07. The van der Waals surface area contributed by atoms with Crippen LogP contribution in [0.2, 0.25) is 0 Å². The summed E-state index contributed by atoms with van der Waals surface area (Å²) in [6.45, 7) is 1.59. The first-order valence-electron chi connectivity index (χ1n) is 4.72. The number of ether oxygens (including phenoxy) is 2. The lowest BCUT2D eigenvalue weighted by Crippen LogP contribution is -2.19. The van der Waals surface area contributed by atoms with Crippen molar-refractivity contribution in [2.45, 2.75) is 18.2 Å². The van der Waals surface area contributed by atoms with Crippen molar-refractivity contribution >= 4 is 35.7 Å². The van der Waals surface area contributed by atoms with Gasteiger partial charge >= 0.3 is 6.36 Å². The first kappa shape index (κ1) is 16.4. The Labute approximate surface area is 120 Å². The van der Waals surface area contributed by atoms with Gasteiger partial charge in [0.1, 0.15) is 5.75 Å². The minimum Gasteiger partial charge on any atom is -0.492 e. The molecule has 1 aromatic rings. The van der Waals surface area contributed by atoms with Crippen LogP contribution in [0.4, 0.5) is 13.2 Å². The predicted octanol–water partition coefficient (Wildman–Crippen LogP) is 3.67. The zero-order valence-corrected chi connectivity index (χ0v) is 12.5. The van der Waals surface area contributed by atoms with Gasteiger partial charge in [0.2, 0.25) is 0 Å². The topological polar surface area (TPSA) is 52.6 Å². The zero-order valence-electron chi connectivity index (χ0n) is 9.29. The van der Waals surface area contributed by atoms with E-state index in [1.54, 1.807) is 0 Å².